The first-order valence-corrected chi connectivity index (χ1v) is 8.45. The van der Waals surface area contributed by atoms with Gasteiger partial charge in [-0.3, -0.25) is 10.1 Å². The van der Waals surface area contributed by atoms with Crippen LogP contribution in [0.3, 0.4) is 0 Å². The maximum atomic E-state index is 12.3. The molecular weight excluding hydrogens is 321 g/mol. The van der Waals surface area contributed by atoms with Crippen molar-refractivity contribution in [3.05, 3.63) is 21.9 Å². The molecule has 2 atom stereocenters. The summed E-state index contributed by atoms with van der Waals surface area (Å²) in [4.78, 5) is 15.9. The number of amides is 1. The highest BCUT2D eigenvalue weighted by Crippen LogP contribution is 2.33. The number of thioether (sulfide) groups is 1. The van der Waals surface area contributed by atoms with E-state index in [-0.39, 0.29) is 42.2 Å². The summed E-state index contributed by atoms with van der Waals surface area (Å²) in [6.07, 6.45) is 0.317. The molecule has 1 amide bonds. The van der Waals surface area contributed by atoms with E-state index in [1.165, 1.54) is 4.90 Å². The summed E-state index contributed by atoms with van der Waals surface area (Å²) in [5.74, 6) is -0.259. The molecule has 2 heterocycles. The Morgan fingerprint density at radius 2 is 2.14 bits per heavy atom. The summed E-state index contributed by atoms with van der Waals surface area (Å²) in [6, 6.07) is 3.56. The van der Waals surface area contributed by atoms with E-state index in [2.05, 4.69) is 5.32 Å². The number of carbonyl (C=O) groups excluding carboxylic acids is 1. The topological polar surface area (TPSA) is 32.3 Å². The van der Waals surface area contributed by atoms with E-state index in [0.717, 1.165) is 9.75 Å². The van der Waals surface area contributed by atoms with Crippen molar-refractivity contribution in [2.75, 3.05) is 12.3 Å². The van der Waals surface area contributed by atoms with E-state index in [9.17, 15) is 18.0 Å². The number of halogens is 3. The van der Waals surface area contributed by atoms with Gasteiger partial charge in [0.25, 0.3) is 0 Å². The lowest BCUT2D eigenvalue weighted by Crippen LogP contribution is -2.33. The minimum atomic E-state index is -4.25. The number of hydrogen-bond donors (Lipinski definition) is 1. The number of thiophene rings is 1. The Balaban J connectivity index is 2.08. The zero-order valence-electron chi connectivity index (χ0n) is 11.7. The molecule has 1 aliphatic rings. The SMILES string of the molecule is CCC1NC(c2ccc(C)s2)N(CCSC(F)(F)F)C1=O. The van der Waals surface area contributed by atoms with E-state index < -0.39 is 5.51 Å². The van der Waals surface area contributed by atoms with Gasteiger partial charge in [0.2, 0.25) is 5.91 Å². The lowest BCUT2D eigenvalue weighted by Gasteiger charge is -2.23. The molecule has 1 aromatic rings. The van der Waals surface area contributed by atoms with Crippen molar-refractivity contribution in [3.8, 4) is 0 Å². The molecule has 1 saturated heterocycles. The van der Waals surface area contributed by atoms with Crippen molar-refractivity contribution < 1.29 is 18.0 Å². The second-order valence-electron chi connectivity index (χ2n) is 4.80. The lowest BCUT2D eigenvalue weighted by atomic mass is 10.2. The van der Waals surface area contributed by atoms with Gasteiger partial charge < -0.3 is 4.90 Å². The van der Waals surface area contributed by atoms with Crippen LogP contribution in [0.4, 0.5) is 13.2 Å². The van der Waals surface area contributed by atoms with Gasteiger partial charge >= 0.3 is 5.51 Å². The molecule has 0 spiro atoms. The van der Waals surface area contributed by atoms with E-state index in [1.54, 1.807) is 11.3 Å². The van der Waals surface area contributed by atoms with Crippen molar-refractivity contribution in [2.45, 2.75) is 38.0 Å². The molecule has 8 heteroatoms. The zero-order chi connectivity index (χ0) is 15.6. The molecule has 0 radical (unpaired) electrons. The molecule has 1 fully saturated rings. The summed E-state index contributed by atoms with van der Waals surface area (Å²) in [5, 5.41) is 3.21. The van der Waals surface area contributed by atoms with Crippen LogP contribution in [0.1, 0.15) is 29.3 Å². The minimum Gasteiger partial charge on any atom is -0.320 e. The Kier molecular flexibility index (Phi) is 5.21. The summed E-state index contributed by atoms with van der Waals surface area (Å²) in [6.45, 7) is 3.94. The fourth-order valence-electron chi connectivity index (χ4n) is 2.31. The average Bonchev–Trinajstić information content (AvgIpc) is 2.93. The zero-order valence-corrected chi connectivity index (χ0v) is 13.4. The largest absolute Gasteiger partial charge is 0.441 e. The number of aryl methyl sites for hydroxylation is 1. The number of nitrogens with one attached hydrogen (secondary N) is 1. The van der Waals surface area contributed by atoms with Gasteiger partial charge in [-0.15, -0.1) is 11.3 Å². The van der Waals surface area contributed by atoms with Gasteiger partial charge in [-0.2, -0.15) is 13.2 Å². The maximum absolute atomic E-state index is 12.3. The highest BCUT2D eigenvalue weighted by molar-refractivity contribution is 8.00. The third-order valence-corrected chi connectivity index (χ3v) is 5.06. The Morgan fingerprint density at radius 1 is 1.43 bits per heavy atom. The van der Waals surface area contributed by atoms with Gasteiger partial charge in [0.05, 0.1) is 6.04 Å². The number of alkyl halides is 3. The van der Waals surface area contributed by atoms with E-state index in [4.69, 9.17) is 0 Å². The molecule has 3 nitrogen and oxygen atoms in total. The van der Waals surface area contributed by atoms with Crippen LogP contribution in [0.5, 0.6) is 0 Å². The summed E-state index contributed by atoms with van der Waals surface area (Å²) < 4.78 is 36.7. The molecule has 118 valence electrons. The second kappa shape index (κ2) is 6.58. The van der Waals surface area contributed by atoms with Crippen molar-refractivity contribution >= 4 is 29.0 Å². The van der Waals surface area contributed by atoms with Crippen LogP contribution in [0, 0.1) is 6.92 Å². The first kappa shape index (κ1) is 16.6. The third kappa shape index (κ3) is 4.14. The van der Waals surface area contributed by atoms with Gasteiger partial charge in [-0.1, -0.05) is 6.92 Å². The average molecular weight is 338 g/mol. The minimum absolute atomic E-state index is 0.0845. The fourth-order valence-corrected chi connectivity index (χ4v) is 3.78. The van der Waals surface area contributed by atoms with Gasteiger partial charge in [0, 0.05) is 22.1 Å². The second-order valence-corrected chi connectivity index (χ2v) is 7.28. The van der Waals surface area contributed by atoms with E-state index in [1.807, 2.05) is 26.0 Å². The van der Waals surface area contributed by atoms with Crippen LogP contribution >= 0.6 is 23.1 Å². The summed E-state index contributed by atoms with van der Waals surface area (Å²) in [5.41, 5.74) is -4.25. The molecule has 0 aliphatic carbocycles. The monoisotopic (exact) mass is 338 g/mol. The Hall–Kier alpha value is -0.730. The van der Waals surface area contributed by atoms with E-state index in [0.29, 0.717) is 6.42 Å². The highest BCUT2D eigenvalue weighted by atomic mass is 32.2. The van der Waals surface area contributed by atoms with Crippen molar-refractivity contribution in [1.82, 2.24) is 10.2 Å². The number of hydrogen-bond acceptors (Lipinski definition) is 4. The first-order valence-electron chi connectivity index (χ1n) is 6.65. The van der Waals surface area contributed by atoms with Crippen LogP contribution in [0.2, 0.25) is 0 Å². The smallest absolute Gasteiger partial charge is 0.320 e. The molecule has 0 aromatic carbocycles. The number of nitrogens with zero attached hydrogens (tertiary/aromatic N) is 1. The first-order chi connectivity index (χ1) is 9.81. The number of carbonyl (C=O) groups is 1. The molecule has 1 aliphatic heterocycles. The lowest BCUT2D eigenvalue weighted by molar-refractivity contribution is -0.129. The quantitative estimate of drug-likeness (QED) is 0.892. The predicted molar refractivity (Wildman–Crippen MR) is 79.2 cm³/mol. The van der Waals surface area contributed by atoms with E-state index >= 15 is 0 Å². The van der Waals surface area contributed by atoms with Crippen LogP contribution in [0.15, 0.2) is 12.1 Å². The molecule has 0 saturated carbocycles. The third-order valence-electron chi connectivity index (χ3n) is 3.29. The molecule has 2 unspecified atom stereocenters. The maximum Gasteiger partial charge on any atom is 0.441 e. The standard InChI is InChI=1S/C13H17F3N2OS2/c1-3-9-12(19)18(6-7-20-13(14,15)16)11(17-9)10-5-4-8(2)21-10/h4-5,9,11,17H,3,6-7H2,1-2H3. The van der Waals surface area contributed by atoms with Gasteiger partial charge in [-0.25, -0.2) is 0 Å². The molecule has 1 N–H and O–H groups in total. The molecule has 2 rings (SSSR count). The summed E-state index contributed by atoms with van der Waals surface area (Å²) in [7, 11) is 0. The van der Waals surface area contributed by atoms with Crippen LogP contribution in [-0.2, 0) is 4.79 Å². The van der Waals surface area contributed by atoms with Gasteiger partial charge in [-0.05, 0) is 37.2 Å². The molecule has 1 aromatic heterocycles. The molecule has 0 bridgehead atoms. The Labute approximate surface area is 129 Å². The van der Waals surface area contributed by atoms with Gasteiger partial charge in [0.1, 0.15) is 6.17 Å². The van der Waals surface area contributed by atoms with Crippen molar-refractivity contribution in [3.63, 3.8) is 0 Å². The van der Waals surface area contributed by atoms with Crippen LogP contribution in [0.25, 0.3) is 0 Å². The normalized spacial score (nSPS) is 23.1. The van der Waals surface area contributed by atoms with Crippen LogP contribution in [-0.4, -0.2) is 34.7 Å². The molecular formula is C13H17F3N2OS2. The fraction of sp³-hybridized carbons (Fsp3) is 0.615. The number of rotatable bonds is 5. The Bertz CT molecular complexity index is 504. The predicted octanol–water partition coefficient (Wildman–Crippen LogP) is 3.52. The summed E-state index contributed by atoms with van der Waals surface area (Å²) >= 11 is 1.47. The highest BCUT2D eigenvalue weighted by Gasteiger charge is 2.39. The molecule has 21 heavy (non-hydrogen) atoms. The Morgan fingerprint density at radius 3 is 2.67 bits per heavy atom. The van der Waals surface area contributed by atoms with Gasteiger partial charge in [0.15, 0.2) is 0 Å². The van der Waals surface area contributed by atoms with Crippen LogP contribution < -0.4 is 5.32 Å². The van der Waals surface area contributed by atoms with Crippen molar-refractivity contribution in [1.29, 1.82) is 0 Å². The van der Waals surface area contributed by atoms with Crippen molar-refractivity contribution in [2.24, 2.45) is 0 Å².